The number of nitrogens with zero attached hydrogens (tertiary/aromatic N) is 1. The van der Waals surface area contributed by atoms with Crippen LogP contribution in [0.5, 0.6) is 11.5 Å². The molecule has 0 aliphatic carbocycles. The Morgan fingerprint density at radius 2 is 1.84 bits per heavy atom. The summed E-state index contributed by atoms with van der Waals surface area (Å²) in [6.45, 7) is 0.801. The van der Waals surface area contributed by atoms with Crippen molar-refractivity contribution in [2.24, 2.45) is 10.9 Å². The highest BCUT2D eigenvalue weighted by atomic mass is 16.5. The Bertz CT molecular complexity index is 399. The zero-order valence-corrected chi connectivity index (χ0v) is 11.3. The smallest absolute Gasteiger partial charge is 0.139 e. The number of benzene rings is 1. The van der Waals surface area contributed by atoms with Gasteiger partial charge in [0, 0.05) is 36.9 Å². The molecule has 106 valence electrons. The van der Waals surface area contributed by atoms with Crippen LogP contribution in [0.4, 0.5) is 5.69 Å². The molecule has 6 nitrogen and oxygen atoms in total. The highest BCUT2D eigenvalue weighted by Gasteiger charge is 2.01. The molecule has 0 spiro atoms. The third kappa shape index (κ3) is 5.37. The van der Waals surface area contributed by atoms with Gasteiger partial charge < -0.3 is 25.7 Å². The molecule has 19 heavy (non-hydrogen) atoms. The topological polar surface area (TPSA) is 89.1 Å². The molecule has 0 radical (unpaired) electrons. The molecule has 1 rings (SSSR count). The first-order valence-electron chi connectivity index (χ1n) is 6.13. The molecule has 0 saturated carbocycles. The maximum absolute atomic E-state index is 8.40. The van der Waals surface area contributed by atoms with Gasteiger partial charge in [-0.2, -0.15) is 0 Å². The van der Waals surface area contributed by atoms with Gasteiger partial charge in [0.2, 0.25) is 0 Å². The summed E-state index contributed by atoms with van der Waals surface area (Å²) >= 11 is 0. The van der Waals surface area contributed by atoms with Crippen molar-refractivity contribution in [3.63, 3.8) is 0 Å². The van der Waals surface area contributed by atoms with Gasteiger partial charge >= 0.3 is 0 Å². The van der Waals surface area contributed by atoms with Crippen LogP contribution in [0.15, 0.2) is 23.4 Å². The van der Waals surface area contributed by atoms with E-state index >= 15 is 0 Å². The summed E-state index contributed by atoms with van der Waals surface area (Å²) in [4.78, 5) is 0. The zero-order chi connectivity index (χ0) is 14.1. The molecular formula is C13H21N3O3. The third-order valence-electron chi connectivity index (χ3n) is 2.67. The molecule has 4 N–H and O–H groups in total. The van der Waals surface area contributed by atoms with Crippen molar-refractivity contribution in [2.75, 3.05) is 26.1 Å². The molecule has 0 fully saturated rings. The average Bonchev–Trinajstić information content (AvgIpc) is 2.46. The van der Waals surface area contributed by atoms with Crippen molar-refractivity contribution >= 4 is 11.5 Å². The van der Waals surface area contributed by atoms with Gasteiger partial charge in [0.25, 0.3) is 0 Å². The number of amidine groups is 1. The van der Waals surface area contributed by atoms with E-state index in [1.54, 1.807) is 14.2 Å². The van der Waals surface area contributed by atoms with Gasteiger partial charge in [-0.3, -0.25) is 0 Å². The number of oxime groups is 1. The van der Waals surface area contributed by atoms with E-state index in [1.807, 2.05) is 18.2 Å². The number of hydrogen-bond donors (Lipinski definition) is 3. The number of ether oxygens (including phenoxy) is 2. The van der Waals surface area contributed by atoms with Gasteiger partial charge in [-0.15, -0.1) is 0 Å². The standard InChI is InChI=1S/C13H21N3O3/c1-18-11-7-10(8-12(9-11)19-2)15-6-4-3-5-13(14)16-17/h7-9,15,17H,3-6H2,1-2H3,(H2,14,16). The summed E-state index contributed by atoms with van der Waals surface area (Å²) in [5.74, 6) is 1.76. The van der Waals surface area contributed by atoms with E-state index in [2.05, 4.69) is 10.5 Å². The van der Waals surface area contributed by atoms with Crippen LogP contribution in [0.1, 0.15) is 19.3 Å². The normalized spacial score (nSPS) is 11.2. The maximum Gasteiger partial charge on any atom is 0.139 e. The number of rotatable bonds is 8. The van der Waals surface area contributed by atoms with Crippen molar-refractivity contribution in [3.05, 3.63) is 18.2 Å². The zero-order valence-electron chi connectivity index (χ0n) is 11.3. The van der Waals surface area contributed by atoms with E-state index < -0.39 is 0 Å². The van der Waals surface area contributed by atoms with Gasteiger partial charge in [0.1, 0.15) is 17.3 Å². The van der Waals surface area contributed by atoms with Crippen molar-refractivity contribution < 1.29 is 14.7 Å². The Hall–Kier alpha value is -2.11. The lowest BCUT2D eigenvalue weighted by Crippen LogP contribution is -2.11. The van der Waals surface area contributed by atoms with Crippen molar-refractivity contribution in [1.82, 2.24) is 0 Å². The maximum atomic E-state index is 8.40. The van der Waals surface area contributed by atoms with Gasteiger partial charge in [0.15, 0.2) is 0 Å². The molecule has 0 bridgehead atoms. The van der Waals surface area contributed by atoms with Crippen molar-refractivity contribution in [3.8, 4) is 11.5 Å². The Morgan fingerprint density at radius 3 is 2.37 bits per heavy atom. The van der Waals surface area contributed by atoms with Crippen LogP contribution in [0.2, 0.25) is 0 Å². The molecule has 6 heteroatoms. The van der Waals surface area contributed by atoms with Crippen LogP contribution in [-0.4, -0.2) is 31.8 Å². The fraction of sp³-hybridized carbons (Fsp3) is 0.462. The van der Waals surface area contributed by atoms with Crippen LogP contribution >= 0.6 is 0 Å². The second kappa shape index (κ2) is 8.07. The first kappa shape index (κ1) is 14.9. The average molecular weight is 267 g/mol. The predicted octanol–water partition coefficient (Wildman–Crippen LogP) is 2.03. The van der Waals surface area contributed by atoms with Crippen molar-refractivity contribution in [1.29, 1.82) is 0 Å². The van der Waals surface area contributed by atoms with E-state index in [4.69, 9.17) is 20.4 Å². The SMILES string of the molecule is COc1cc(NCCCCC(N)=NO)cc(OC)c1. The second-order valence-corrected chi connectivity index (χ2v) is 4.08. The van der Waals surface area contributed by atoms with E-state index in [1.165, 1.54) is 0 Å². The highest BCUT2D eigenvalue weighted by Crippen LogP contribution is 2.25. The molecule has 0 unspecified atom stereocenters. The molecule has 0 amide bonds. The first-order valence-corrected chi connectivity index (χ1v) is 6.13. The minimum absolute atomic E-state index is 0.267. The second-order valence-electron chi connectivity index (χ2n) is 4.08. The Balaban J connectivity index is 2.40. The molecule has 0 aliphatic heterocycles. The molecular weight excluding hydrogens is 246 g/mol. The molecule has 0 aromatic heterocycles. The largest absolute Gasteiger partial charge is 0.497 e. The number of methoxy groups -OCH3 is 2. The molecule has 0 aliphatic rings. The lowest BCUT2D eigenvalue weighted by molar-refractivity contribution is 0.316. The van der Waals surface area contributed by atoms with Crippen LogP contribution < -0.4 is 20.5 Å². The van der Waals surface area contributed by atoms with Crippen LogP contribution in [0.3, 0.4) is 0 Å². The minimum atomic E-state index is 0.267. The molecule has 0 atom stereocenters. The Labute approximate surface area is 113 Å². The van der Waals surface area contributed by atoms with E-state index in [-0.39, 0.29) is 5.84 Å². The van der Waals surface area contributed by atoms with Gasteiger partial charge in [-0.05, 0) is 12.8 Å². The molecule has 0 heterocycles. The lowest BCUT2D eigenvalue weighted by atomic mass is 10.2. The quantitative estimate of drug-likeness (QED) is 0.220. The summed E-state index contributed by atoms with van der Waals surface area (Å²) in [7, 11) is 3.24. The van der Waals surface area contributed by atoms with Crippen molar-refractivity contribution in [2.45, 2.75) is 19.3 Å². The monoisotopic (exact) mass is 267 g/mol. The summed E-state index contributed by atoms with van der Waals surface area (Å²) in [6.07, 6.45) is 2.39. The predicted molar refractivity (Wildman–Crippen MR) is 75.3 cm³/mol. The van der Waals surface area contributed by atoms with Crippen LogP contribution in [0.25, 0.3) is 0 Å². The summed E-state index contributed by atoms with van der Waals surface area (Å²) in [5.41, 5.74) is 6.33. The Morgan fingerprint density at radius 1 is 1.21 bits per heavy atom. The molecule has 1 aromatic carbocycles. The van der Waals surface area contributed by atoms with Gasteiger partial charge in [-0.1, -0.05) is 5.16 Å². The Kier molecular flexibility index (Phi) is 6.35. The number of nitrogens with two attached hydrogens (primary N) is 1. The fourth-order valence-corrected chi connectivity index (χ4v) is 1.62. The number of nitrogens with one attached hydrogen (secondary N) is 1. The summed E-state index contributed by atoms with van der Waals surface area (Å²) in [6, 6.07) is 5.64. The molecule has 1 aromatic rings. The summed E-state index contributed by atoms with van der Waals surface area (Å²) < 4.78 is 10.4. The third-order valence-corrected chi connectivity index (χ3v) is 2.67. The van der Waals surface area contributed by atoms with E-state index in [0.717, 1.165) is 36.6 Å². The molecule has 0 saturated heterocycles. The summed E-state index contributed by atoms with van der Waals surface area (Å²) in [5, 5.41) is 14.6. The fourth-order valence-electron chi connectivity index (χ4n) is 1.62. The minimum Gasteiger partial charge on any atom is -0.497 e. The van der Waals surface area contributed by atoms with E-state index in [0.29, 0.717) is 6.42 Å². The lowest BCUT2D eigenvalue weighted by Gasteiger charge is -2.10. The van der Waals surface area contributed by atoms with E-state index in [9.17, 15) is 0 Å². The first-order chi connectivity index (χ1) is 9.19. The highest BCUT2D eigenvalue weighted by molar-refractivity contribution is 5.79. The van der Waals surface area contributed by atoms with Gasteiger partial charge in [-0.25, -0.2) is 0 Å². The number of anilines is 1. The van der Waals surface area contributed by atoms with Gasteiger partial charge in [0.05, 0.1) is 14.2 Å². The van der Waals surface area contributed by atoms with Crippen LogP contribution in [0, 0.1) is 0 Å². The van der Waals surface area contributed by atoms with Crippen LogP contribution in [-0.2, 0) is 0 Å². The number of unbranched alkanes of at least 4 members (excludes halogenated alkanes) is 1. The number of hydrogen-bond acceptors (Lipinski definition) is 5.